The molecule has 0 spiro atoms. The van der Waals surface area contributed by atoms with Crippen molar-refractivity contribution >= 4 is 11.8 Å². The van der Waals surface area contributed by atoms with Crippen molar-refractivity contribution < 1.29 is 14.7 Å². The lowest BCUT2D eigenvalue weighted by Crippen LogP contribution is -2.32. The Hall–Kier alpha value is -1.16. The largest absolute Gasteiger partial charge is 0.376 e. The molecule has 4 nitrogen and oxygen atoms in total. The first-order valence-corrected chi connectivity index (χ1v) is 3.80. The van der Waals surface area contributed by atoms with Gasteiger partial charge in [0.15, 0.2) is 0 Å². The Morgan fingerprint density at radius 1 is 1.33 bits per heavy atom. The lowest BCUT2D eigenvalue weighted by molar-refractivity contribution is -0.141. The second kappa shape index (κ2) is 3.06. The van der Waals surface area contributed by atoms with E-state index in [1.54, 1.807) is 6.92 Å². The Balaban J connectivity index is 3.02. The molecule has 1 heterocycles. The quantitative estimate of drug-likeness (QED) is 0.593. The SMILES string of the molecule is CCC1=C(C)C(=O)N(CO)C1=O. The van der Waals surface area contributed by atoms with Gasteiger partial charge in [-0.05, 0) is 13.3 Å². The molecule has 2 amide bonds. The Labute approximate surface area is 70.5 Å². The summed E-state index contributed by atoms with van der Waals surface area (Å²) < 4.78 is 0. The van der Waals surface area contributed by atoms with Crippen LogP contribution in [0.1, 0.15) is 20.3 Å². The molecule has 0 fully saturated rings. The highest BCUT2D eigenvalue weighted by Gasteiger charge is 2.33. The Bertz CT molecular complexity index is 267. The molecule has 12 heavy (non-hydrogen) atoms. The molecule has 66 valence electrons. The summed E-state index contributed by atoms with van der Waals surface area (Å²) in [6, 6.07) is 0. The van der Waals surface area contributed by atoms with E-state index in [2.05, 4.69) is 0 Å². The zero-order chi connectivity index (χ0) is 9.30. The highest BCUT2D eigenvalue weighted by Crippen LogP contribution is 2.21. The predicted octanol–water partition coefficient (Wildman–Crippen LogP) is 0.0315. The van der Waals surface area contributed by atoms with E-state index in [9.17, 15) is 9.59 Å². The van der Waals surface area contributed by atoms with E-state index >= 15 is 0 Å². The molecule has 0 aromatic heterocycles. The standard InChI is InChI=1S/C8H11NO3/c1-3-6-5(2)7(11)9(4-10)8(6)12/h10H,3-4H2,1-2H3. The lowest BCUT2D eigenvalue weighted by atomic mass is 10.1. The molecular formula is C8H11NO3. The molecule has 0 radical (unpaired) electrons. The van der Waals surface area contributed by atoms with Crippen LogP contribution < -0.4 is 0 Å². The van der Waals surface area contributed by atoms with Crippen molar-refractivity contribution in [3.63, 3.8) is 0 Å². The minimum absolute atomic E-state index is 0.359. The van der Waals surface area contributed by atoms with Gasteiger partial charge in [0, 0.05) is 11.1 Å². The van der Waals surface area contributed by atoms with Gasteiger partial charge in [-0.3, -0.25) is 14.5 Å². The molecule has 0 atom stereocenters. The number of aliphatic hydroxyl groups is 1. The second-order valence-corrected chi connectivity index (χ2v) is 2.64. The van der Waals surface area contributed by atoms with E-state index in [1.807, 2.05) is 6.92 Å². The fourth-order valence-corrected chi connectivity index (χ4v) is 1.29. The highest BCUT2D eigenvalue weighted by atomic mass is 16.3. The van der Waals surface area contributed by atoms with E-state index in [0.717, 1.165) is 4.90 Å². The first kappa shape index (κ1) is 8.93. The normalized spacial score (nSPS) is 18.1. The van der Waals surface area contributed by atoms with Gasteiger partial charge in [-0.1, -0.05) is 6.92 Å². The van der Waals surface area contributed by atoms with Gasteiger partial charge >= 0.3 is 0 Å². The second-order valence-electron chi connectivity index (χ2n) is 2.64. The van der Waals surface area contributed by atoms with E-state index in [1.165, 1.54) is 0 Å². The van der Waals surface area contributed by atoms with Gasteiger partial charge in [-0.25, -0.2) is 0 Å². The molecule has 0 bridgehead atoms. The molecule has 1 aliphatic rings. The number of nitrogens with zero attached hydrogens (tertiary/aromatic N) is 1. The van der Waals surface area contributed by atoms with Gasteiger partial charge in [0.1, 0.15) is 6.73 Å². The zero-order valence-electron chi connectivity index (χ0n) is 7.13. The maximum Gasteiger partial charge on any atom is 0.259 e. The summed E-state index contributed by atoms with van der Waals surface area (Å²) in [5, 5.41) is 8.70. The van der Waals surface area contributed by atoms with E-state index in [4.69, 9.17) is 5.11 Å². The van der Waals surface area contributed by atoms with Crippen LogP contribution in [0, 0.1) is 0 Å². The minimum atomic E-state index is -0.529. The van der Waals surface area contributed by atoms with E-state index in [-0.39, 0.29) is 11.8 Å². The molecular weight excluding hydrogens is 158 g/mol. The van der Waals surface area contributed by atoms with Gasteiger partial charge < -0.3 is 5.11 Å². The van der Waals surface area contributed by atoms with Crippen molar-refractivity contribution in [3.8, 4) is 0 Å². The van der Waals surface area contributed by atoms with Gasteiger partial charge in [0.25, 0.3) is 11.8 Å². The summed E-state index contributed by atoms with van der Waals surface area (Å²) in [7, 11) is 0. The van der Waals surface area contributed by atoms with Crippen LogP contribution in [-0.4, -0.2) is 28.6 Å². The Morgan fingerprint density at radius 2 is 1.92 bits per heavy atom. The number of hydrogen-bond donors (Lipinski definition) is 1. The zero-order valence-corrected chi connectivity index (χ0v) is 7.13. The Kier molecular flexibility index (Phi) is 2.28. The van der Waals surface area contributed by atoms with Gasteiger partial charge in [-0.15, -0.1) is 0 Å². The van der Waals surface area contributed by atoms with Crippen LogP contribution in [0.3, 0.4) is 0 Å². The first-order valence-electron chi connectivity index (χ1n) is 3.80. The van der Waals surface area contributed by atoms with Crippen LogP contribution in [0.2, 0.25) is 0 Å². The third-order valence-electron chi connectivity index (χ3n) is 2.02. The number of aliphatic hydroxyl groups excluding tert-OH is 1. The topological polar surface area (TPSA) is 57.6 Å². The minimum Gasteiger partial charge on any atom is -0.376 e. The first-order chi connectivity index (χ1) is 5.63. The van der Waals surface area contributed by atoms with E-state index in [0.29, 0.717) is 17.6 Å². The number of rotatable bonds is 2. The average molecular weight is 169 g/mol. The van der Waals surface area contributed by atoms with Crippen molar-refractivity contribution in [2.45, 2.75) is 20.3 Å². The number of carbonyl (C=O) groups is 2. The summed E-state index contributed by atoms with van der Waals surface area (Å²) in [5.41, 5.74) is 0.964. The lowest BCUT2D eigenvalue weighted by Gasteiger charge is -2.09. The molecule has 4 heteroatoms. The van der Waals surface area contributed by atoms with Crippen molar-refractivity contribution in [2.75, 3.05) is 6.73 Å². The van der Waals surface area contributed by atoms with Crippen molar-refractivity contribution in [3.05, 3.63) is 11.1 Å². The van der Waals surface area contributed by atoms with Crippen LogP contribution in [0.5, 0.6) is 0 Å². The van der Waals surface area contributed by atoms with Crippen LogP contribution in [0.25, 0.3) is 0 Å². The number of imide groups is 1. The molecule has 0 unspecified atom stereocenters. The average Bonchev–Trinajstić information content (AvgIpc) is 2.25. The van der Waals surface area contributed by atoms with Crippen LogP contribution in [0.15, 0.2) is 11.1 Å². The molecule has 1 rings (SSSR count). The molecule has 0 aliphatic carbocycles. The summed E-state index contributed by atoms with van der Waals surface area (Å²) >= 11 is 0. The number of amides is 2. The molecule has 1 aliphatic heterocycles. The third kappa shape index (κ3) is 1.04. The van der Waals surface area contributed by atoms with Gasteiger partial charge in [0.05, 0.1) is 0 Å². The molecule has 1 N–H and O–H groups in total. The summed E-state index contributed by atoms with van der Waals surface area (Å²) in [6.07, 6.45) is 0.535. The van der Waals surface area contributed by atoms with Crippen LogP contribution >= 0.6 is 0 Å². The fourth-order valence-electron chi connectivity index (χ4n) is 1.29. The van der Waals surface area contributed by atoms with E-state index < -0.39 is 6.73 Å². The smallest absolute Gasteiger partial charge is 0.259 e. The molecule has 0 aromatic rings. The maximum absolute atomic E-state index is 11.3. The van der Waals surface area contributed by atoms with Crippen LogP contribution in [0.4, 0.5) is 0 Å². The monoisotopic (exact) mass is 169 g/mol. The summed E-state index contributed by atoms with van der Waals surface area (Å²) in [4.78, 5) is 23.3. The maximum atomic E-state index is 11.3. The molecule has 0 saturated heterocycles. The molecule has 0 saturated carbocycles. The van der Waals surface area contributed by atoms with Crippen molar-refractivity contribution in [1.29, 1.82) is 0 Å². The Morgan fingerprint density at radius 3 is 2.17 bits per heavy atom. The van der Waals surface area contributed by atoms with Crippen molar-refractivity contribution in [2.24, 2.45) is 0 Å². The summed E-state index contributed by atoms with van der Waals surface area (Å²) in [5.74, 6) is -0.734. The van der Waals surface area contributed by atoms with Crippen molar-refractivity contribution in [1.82, 2.24) is 4.90 Å². The van der Waals surface area contributed by atoms with Gasteiger partial charge in [0.2, 0.25) is 0 Å². The predicted molar refractivity (Wildman–Crippen MR) is 41.9 cm³/mol. The fraction of sp³-hybridized carbons (Fsp3) is 0.500. The summed E-state index contributed by atoms with van der Waals surface area (Å²) in [6.45, 7) is 2.89. The third-order valence-corrected chi connectivity index (χ3v) is 2.02. The number of carbonyl (C=O) groups excluding carboxylic acids is 2. The highest BCUT2D eigenvalue weighted by molar-refractivity contribution is 6.18. The van der Waals surface area contributed by atoms with Gasteiger partial charge in [-0.2, -0.15) is 0 Å². The van der Waals surface area contributed by atoms with Crippen LogP contribution in [-0.2, 0) is 9.59 Å². The number of hydrogen-bond acceptors (Lipinski definition) is 3. The molecule has 0 aromatic carbocycles.